The summed E-state index contributed by atoms with van der Waals surface area (Å²) in [7, 11) is 0. The average molecular weight is 271 g/mol. The average Bonchev–Trinajstić information content (AvgIpc) is 2.39. The molecule has 2 rings (SSSR count). The predicted octanol–water partition coefficient (Wildman–Crippen LogP) is 1.86. The van der Waals surface area contributed by atoms with Crippen LogP contribution in [0.2, 0.25) is 5.02 Å². The Bertz CT molecular complexity index is 497. The fourth-order valence-electron chi connectivity index (χ4n) is 1.56. The first-order chi connectivity index (χ1) is 8.65. The van der Waals surface area contributed by atoms with E-state index in [0.29, 0.717) is 19.0 Å². The summed E-state index contributed by atoms with van der Waals surface area (Å²) in [5, 5.41) is 0.0743. The largest absolute Gasteiger partial charge is 0.486 e. The lowest BCUT2D eigenvalue weighted by Gasteiger charge is -2.20. The van der Waals surface area contributed by atoms with Crippen LogP contribution in [0.5, 0.6) is 11.5 Å². The highest BCUT2D eigenvalue weighted by Crippen LogP contribution is 2.39. The monoisotopic (exact) mass is 270 g/mol. The molecule has 0 spiro atoms. The van der Waals surface area contributed by atoms with Crippen molar-refractivity contribution in [3.8, 4) is 11.5 Å². The Labute approximate surface area is 109 Å². The standard InChI is InChI=1S/C12H11ClO5/c1-2-16-12(15)10(14)7-3-4-8-11(9(7)13)18-6-5-17-8/h3-4H,2,5-6H2,1H3. The minimum absolute atomic E-state index is 0.0550. The lowest BCUT2D eigenvalue weighted by Crippen LogP contribution is -2.20. The second-order valence-electron chi connectivity index (χ2n) is 3.50. The molecule has 6 heteroatoms. The van der Waals surface area contributed by atoms with Gasteiger partial charge in [-0.3, -0.25) is 4.79 Å². The number of esters is 1. The molecule has 0 amide bonds. The molecule has 0 saturated carbocycles. The van der Waals surface area contributed by atoms with Crippen molar-refractivity contribution in [2.24, 2.45) is 0 Å². The Hall–Kier alpha value is -1.75. The highest BCUT2D eigenvalue weighted by molar-refractivity contribution is 6.46. The highest BCUT2D eigenvalue weighted by Gasteiger charge is 2.25. The van der Waals surface area contributed by atoms with E-state index in [-0.39, 0.29) is 22.9 Å². The summed E-state index contributed by atoms with van der Waals surface area (Å²) >= 11 is 6.03. The van der Waals surface area contributed by atoms with Gasteiger partial charge in [0.2, 0.25) is 0 Å². The van der Waals surface area contributed by atoms with Crippen molar-refractivity contribution >= 4 is 23.4 Å². The second kappa shape index (κ2) is 5.27. The zero-order chi connectivity index (χ0) is 13.1. The van der Waals surface area contributed by atoms with Crippen molar-refractivity contribution in [3.63, 3.8) is 0 Å². The number of benzene rings is 1. The number of carbonyl (C=O) groups is 2. The summed E-state index contributed by atoms with van der Waals surface area (Å²) in [5.41, 5.74) is 0.0550. The molecule has 5 nitrogen and oxygen atoms in total. The molecule has 0 N–H and O–H groups in total. The van der Waals surface area contributed by atoms with E-state index in [0.717, 1.165) is 0 Å². The van der Waals surface area contributed by atoms with Crippen LogP contribution in [-0.2, 0) is 9.53 Å². The molecular weight excluding hydrogens is 260 g/mol. The van der Waals surface area contributed by atoms with Gasteiger partial charge in [0.1, 0.15) is 13.2 Å². The molecule has 1 aromatic carbocycles. The first-order valence-corrected chi connectivity index (χ1v) is 5.82. The summed E-state index contributed by atoms with van der Waals surface area (Å²) in [4.78, 5) is 23.1. The second-order valence-corrected chi connectivity index (χ2v) is 3.88. The summed E-state index contributed by atoms with van der Waals surface area (Å²) < 4.78 is 15.3. The third-order valence-electron chi connectivity index (χ3n) is 2.35. The number of fused-ring (bicyclic) bond motifs is 1. The van der Waals surface area contributed by atoms with Gasteiger partial charge in [0.15, 0.2) is 11.5 Å². The molecule has 0 atom stereocenters. The Kier molecular flexibility index (Phi) is 3.72. The quantitative estimate of drug-likeness (QED) is 0.477. The van der Waals surface area contributed by atoms with Crippen molar-refractivity contribution in [1.82, 2.24) is 0 Å². The fourth-order valence-corrected chi connectivity index (χ4v) is 1.86. The third kappa shape index (κ3) is 2.26. The van der Waals surface area contributed by atoms with Crippen molar-refractivity contribution in [3.05, 3.63) is 22.7 Å². The van der Waals surface area contributed by atoms with Gasteiger partial charge < -0.3 is 14.2 Å². The Morgan fingerprint density at radius 2 is 2.06 bits per heavy atom. The van der Waals surface area contributed by atoms with Crippen molar-refractivity contribution in [2.75, 3.05) is 19.8 Å². The SMILES string of the molecule is CCOC(=O)C(=O)c1ccc2c(c1Cl)OCCO2. The first kappa shape index (κ1) is 12.7. The highest BCUT2D eigenvalue weighted by atomic mass is 35.5. The minimum Gasteiger partial charge on any atom is -0.486 e. The van der Waals surface area contributed by atoms with E-state index in [1.807, 2.05) is 0 Å². The molecule has 1 aliphatic rings. The van der Waals surface area contributed by atoms with E-state index in [2.05, 4.69) is 4.74 Å². The summed E-state index contributed by atoms with van der Waals surface area (Å²) in [6.07, 6.45) is 0. The Balaban J connectivity index is 2.35. The van der Waals surface area contributed by atoms with E-state index in [4.69, 9.17) is 21.1 Å². The van der Waals surface area contributed by atoms with E-state index in [9.17, 15) is 9.59 Å². The number of carbonyl (C=O) groups excluding carboxylic acids is 2. The molecule has 0 radical (unpaired) electrons. The molecule has 1 aliphatic heterocycles. The van der Waals surface area contributed by atoms with Gasteiger partial charge in [-0.05, 0) is 19.1 Å². The van der Waals surface area contributed by atoms with E-state index < -0.39 is 11.8 Å². The lowest BCUT2D eigenvalue weighted by atomic mass is 10.1. The molecule has 0 saturated heterocycles. The number of ether oxygens (including phenoxy) is 3. The normalized spacial score (nSPS) is 13.0. The first-order valence-electron chi connectivity index (χ1n) is 5.44. The van der Waals surface area contributed by atoms with Gasteiger partial charge >= 0.3 is 5.97 Å². The Morgan fingerprint density at radius 3 is 2.78 bits per heavy atom. The van der Waals surface area contributed by atoms with Crippen LogP contribution >= 0.6 is 11.6 Å². The molecule has 18 heavy (non-hydrogen) atoms. The van der Waals surface area contributed by atoms with Gasteiger partial charge in [-0.1, -0.05) is 11.6 Å². The summed E-state index contributed by atoms with van der Waals surface area (Å²) in [5.74, 6) is -0.973. The number of hydrogen-bond donors (Lipinski definition) is 0. The van der Waals surface area contributed by atoms with Crippen LogP contribution in [0.25, 0.3) is 0 Å². The number of rotatable bonds is 3. The van der Waals surface area contributed by atoms with Crippen LogP contribution in [0.4, 0.5) is 0 Å². The summed E-state index contributed by atoms with van der Waals surface area (Å²) in [6.45, 7) is 2.53. The van der Waals surface area contributed by atoms with Crippen LogP contribution in [0.1, 0.15) is 17.3 Å². The topological polar surface area (TPSA) is 61.8 Å². The van der Waals surface area contributed by atoms with Gasteiger partial charge in [0.05, 0.1) is 17.2 Å². The molecule has 0 unspecified atom stereocenters. The van der Waals surface area contributed by atoms with Gasteiger partial charge in [0, 0.05) is 0 Å². The predicted molar refractivity (Wildman–Crippen MR) is 63.4 cm³/mol. The van der Waals surface area contributed by atoms with Crippen LogP contribution in [0.3, 0.4) is 0 Å². The van der Waals surface area contributed by atoms with Gasteiger partial charge in [-0.2, -0.15) is 0 Å². The molecule has 1 heterocycles. The molecule has 0 aliphatic carbocycles. The van der Waals surface area contributed by atoms with E-state index in [1.54, 1.807) is 13.0 Å². The van der Waals surface area contributed by atoms with Gasteiger partial charge in [-0.25, -0.2) is 4.79 Å². The van der Waals surface area contributed by atoms with Crippen molar-refractivity contribution < 1.29 is 23.8 Å². The van der Waals surface area contributed by atoms with Crippen LogP contribution in [0.15, 0.2) is 12.1 Å². The maximum atomic E-state index is 11.8. The number of Topliss-reactive ketones (excluding diaryl/α,β-unsaturated/α-hetero) is 1. The van der Waals surface area contributed by atoms with Crippen molar-refractivity contribution in [1.29, 1.82) is 0 Å². The molecule has 0 fully saturated rings. The third-order valence-corrected chi connectivity index (χ3v) is 2.73. The number of ketones is 1. The smallest absolute Gasteiger partial charge is 0.379 e. The fraction of sp³-hybridized carbons (Fsp3) is 0.333. The molecular formula is C12H11ClO5. The lowest BCUT2D eigenvalue weighted by molar-refractivity contribution is -0.137. The Morgan fingerprint density at radius 1 is 1.33 bits per heavy atom. The van der Waals surface area contributed by atoms with Crippen LogP contribution in [-0.4, -0.2) is 31.6 Å². The molecule has 0 bridgehead atoms. The maximum absolute atomic E-state index is 11.8. The molecule has 0 aromatic heterocycles. The van der Waals surface area contributed by atoms with Crippen molar-refractivity contribution in [2.45, 2.75) is 6.92 Å². The molecule has 96 valence electrons. The molecule has 1 aromatic rings. The van der Waals surface area contributed by atoms with Crippen LogP contribution < -0.4 is 9.47 Å². The zero-order valence-electron chi connectivity index (χ0n) is 9.70. The minimum atomic E-state index is -0.934. The number of halogens is 1. The number of hydrogen-bond acceptors (Lipinski definition) is 5. The van der Waals surface area contributed by atoms with E-state index in [1.165, 1.54) is 6.07 Å². The van der Waals surface area contributed by atoms with Gasteiger partial charge in [-0.15, -0.1) is 0 Å². The van der Waals surface area contributed by atoms with E-state index >= 15 is 0 Å². The van der Waals surface area contributed by atoms with Gasteiger partial charge in [0.25, 0.3) is 5.78 Å². The maximum Gasteiger partial charge on any atom is 0.379 e. The zero-order valence-corrected chi connectivity index (χ0v) is 10.5. The van der Waals surface area contributed by atoms with Crippen LogP contribution in [0, 0.1) is 0 Å². The summed E-state index contributed by atoms with van der Waals surface area (Å²) in [6, 6.07) is 2.97.